The zero-order valence-electron chi connectivity index (χ0n) is 11.3. The molecule has 2 aliphatic rings. The van der Waals surface area contributed by atoms with E-state index in [1.54, 1.807) is 0 Å². The van der Waals surface area contributed by atoms with E-state index in [0.29, 0.717) is 5.41 Å². The van der Waals surface area contributed by atoms with Crippen LogP contribution in [-0.4, -0.2) is 13.1 Å². The van der Waals surface area contributed by atoms with E-state index in [1.165, 1.54) is 62.9 Å². The highest BCUT2D eigenvalue weighted by molar-refractivity contribution is 9.08. The van der Waals surface area contributed by atoms with Crippen LogP contribution in [0.2, 0.25) is 5.02 Å². The summed E-state index contributed by atoms with van der Waals surface area (Å²) < 4.78 is 0. The second-order valence-electron chi connectivity index (χ2n) is 6.11. The average Bonchev–Trinajstić information content (AvgIpc) is 2.88. The molecule has 0 bridgehead atoms. The summed E-state index contributed by atoms with van der Waals surface area (Å²) in [5.74, 6) is 0. The number of halogens is 2. The maximum atomic E-state index is 6.43. The molecular weight excluding hydrogens is 322 g/mol. The van der Waals surface area contributed by atoms with Gasteiger partial charge in [0.25, 0.3) is 0 Å². The molecule has 0 unspecified atom stereocenters. The summed E-state index contributed by atoms with van der Waals surface area (Å²) >= 11 is 9.91. The van der Waals surface area contributed by atoms with Crippen molar-refractivity contribution in [1.29, 1.82) is 0 Å². The van der Waals surface area contributed by atoms with Crippen molar-refractivity contribution in [2.45, 2.75) is 43.9 Å². The first-order valence-corrected chi connectivity index (χ1v) is 8.82. The summed E-state index contributed by atoms with van der Waals surface area (Å²) in [6.45, 7) is 2.35. The van der Waals surface area contributed by atoms with E-state index in [1.807, 2.05) is 0 Å². The molecule has 1 aliphatic carbocycles. The molecule has 3 heteroatoms. The SMILES string of the molecule is Clc1cc(CBr)ccc1N1CCC2(CCCC2)CC1. The minimum absolute atomic E-state index is 0.679. The normalized spacial score (nSPS) is 22.1. The van der Waals surface area contributed by atoms with Crippen LogP contribution in [-0.2, 0) is 5.33 Å². The molecule has 0 amide bonds. The highest BCUT2D eigenvalue weighted by Crippen LogP contribution is 2.47. The number of alkyl halides is 1. The van der Waals surface area contributed by atoms with E-state index in [4.69, 9.17) is 11.6 Å². The van der Waals surface area contributed by atoms with Crippen molar-refractivity contribution in [3.05, 3.63) is 28.8 Å². The Morgan fingerprint density at radius 1 is 1.11 bits per heavy atom. The zero-order valence-corrected chi connectivity index (χ0v) is 13.6. The van der Waals surface area contributed by atoms with Gasteiger partial charge in [0.2, 0.25) is 0 Å². The second kappa shape index (κ2) is 5.65. The molecule has 1 heterocycles. The fourth-order valence-corrected chi connectivity index (χ4v) is 4.41. The van der Waals surface area contributed by atoms with Gasteiger partial charge in [-0.2, -0.15) is 0 Å². The number of hydrogen-bond acceptors (Lipinski definition) is 1. The quantitative estimate of drug-likeness (QED) is 0.651. The van der Waals surface area contributed by atoms with Gasteiger partial charge in [-0.1, -0.05) is 46.4 Å². The first-order valence-electron chi connectivity index (χ1n) is 7.32. The summed E-state index contributed by atoms with van der Waals surface area (Å²) in [5.41, 5.74) is 3.15. The van der Waals surface area contributed by atoms with E-state index in [-0.39, 0.29) is 0 Å². The van der Waals surface area contributed by atoms with Crippen LogP contribution in [0.15, 0.2) is 18.2 Å². The minimum atomic E-state index is 0.679. The Labute approximate surface area is 129 Å². The van der Waals surface area contributed by atoms with Gasteiger partial charge in [0, 0.05) is 18.4 Å². The van der Waals surface area contributed by atoms with Gasteiger partial charge >= 0.3 is 0 Å². The smallest absolute Gasteiger partial charge is 0.0642 e. The Hall–Kier alpha value is -0.210. The van der Waals surface area contributed by atoms with Crippen molar-refractivity contribution in [2.75, 3.05) is 18.0 Å². The minimum Gasteiger partial charge on any atom is -0.370 e. The van der Waals surface area contributed by atoms with Gasteiger partial charge in [-0.05, 0) is 48.8 Å². The average molecular weight is 343 g/mol. The maximum Gasteiger partial charge on any atom is 0.0642 e. The second-order valence-corrected chi connectivity index (χ2v) is 7.08. The molecule has 0 radical (unpaired) electrons. The van der Waals surface area contributed by atoms with Crippen molar-refractivity contribution in [2.24, 2.45) is 5.41 Å². The van der Waals surface area contributed by atoms with E-state index in [9.17, 15) is 0 Å². The molecule has 0 aromatic heterocycles. The fourth-order valence-electron chi connectivity index (χ4n) is 3.74. The van der Waals surface area contributed by atoms with Crippen molar-refractivity contribution in [3.63, 3.8) is 0 Å². The van der Waals surface area contributed by atoms with E-state index in [0.717, 1.165) is 10.4 Å². The molecule has 1 saturated carbocycles. The number of benzene rings is 1. The molecule has 19 heavy (non-hydrogen) atoms. The first-order chi connectivity index (χ1) is 9.22. The molecule has 3 rings (SSSR count). The zero-order chi connectivity index (χ0) is 13.3. The fraction of sp³-hybridized carbons (Fsp3) is 0.625. The van der Waals surface area contributed by atoms with E-state index in [2.05, 4.69) is 39.0 Å². The third-order valence-corrected chi connectivity index (χ3v) is 5.95. The molecule has 1 aromatic rings. The van der Waals surface area contributed by atoms with Gasteiger partial charge in [0.1, 0.15) is 0 Å². The first kappa shape index (κ1) is 13.8. The summed E-state index contributed by atoms with van der Waals surface area (Å²) in [6, 6.07) is 6.45. The Morgan fingerprint density at radius 3 is 2.37 bits per heavy atom. The van der Waals surface area contributed by atoms with Crippen LogP contribution in [0.4, 0.5) is 5.69 Å². The van der Waals surface area contributed by atoms with Crippen molar-refractivity contribution < 1.29 is 0 Å². The number of piperidine rings is 1. The largest absolute Gasteiger partial charge is 0.370 e. The van der Waals surface area contributed by atoms with Crippen LogP contribution < -0.4 is 4.90 Å². The van der Waals surface area contributed by atoms with Crippen molar-refractivity contribution >= 4 is 33.2 Å². The van der Waals surface area contributed by atoms with Crippen molar-refractivity contribution in [3.8, 4) is 0 Å². The number of anilines is 1. The maximum absolute atomic E-state index is 6.43. The molecule has 1 saturated heterocycles. The lowest BCUT2D eigenvalue weighted by atomic mass is 9.77. The highest BCUT2D eigenvalue weighted by atomic mass is 79.9. The Morgan fingerprint density at radius 2 is 1.79 bits per heavy atom. The standard InChI is InChI=1S/C16H21BrClN/c17-12-13-3-4-15(14(18)11-13)19-9-7-16(8-10-19)5-1-2-6-16/h3-4,11H,1-2,5-10,12H2. The van der Waals surface area contributed by atoms with Gasteiger partial charge < -0.3 is 4.90 Å². The molecule has 1 nitrogen and oxygen atoms in total. The predicted molar refractivity (Wildman–Crippen MR) is 86.4 cm³/mol. The summed E-state index contributed by atoms with van der Waals surface area (Å²) in [5, 5.41) is 1.77. The molecule has 1 aromatic carbocycles. The van der Waals surface area contributed by atoms with Crippen LogP contribution in [0.3, 0.4) is 0 Å². The molecule has 2 fully saturated rings. The summed E-state index contributed by atoms with van der Waals surface area (Å²) in [4.78, 5) is 2.48. The van der Waals surface area contributed by atoms with Gasteiger partial charge in [-0.15, -0.1) is 0 Å². The number of rotatable bonds is 2. The van der Waals surface area contributed by atoms with Crippen LogP contribution in [0.1, 0.15) is 44.1 Å². The number of nitrogens with zero attached hydrogens (tertiary/aromatic N) is 1. The van der Waals surface area contributed by atoms with Crippen LogP contribution in [0, 0.1) is 5.41 Å². The van der Waals surface area contributed by atoms with E-state index >= 15 is 0 Å². The third-order valence-electron chi connectivity index (χ3n) is 5.00. The molecule has 104 valence electrons. The Bertz CT molecular complexity index is 444. The van der Waals surface area contributed by atoms with Crippen LogP contribution in [0.5, 0.6) is 0 Å². The lowest BCUT2D eigenvalue weighted by Gasteiger charge is -2.40. The van der Waals surface area contributed by atoms with E-state index < -0.39 is 0 Å². The highest BCUT2D eigenvalue weighted by Gasteiger charge is 2.37. The van der Waals surface area contributed by atoms with Crippen LogP contribution >= 0.6 is 27.5 Å². The predicted octanol–water partition coefficient (Wildman–Crippen LogP) is 5.40. The molecule has 1 aliphatic heterocycles. The Balaban J connectivity index is 1.71. The molecule has 1 spiro atoms. The Kier molecular flexibility index (Phi) is 4.09. The topological polar surface area (TPSA) is 3.24 Å². The van der Waals surface area contributed by atoms with Gasteiger partial charge in [0.05, 0.1) is 10.7 Å². The molecular formula is C16H21BrClN. The van der Waals surface area contributed by atoms with Gasteiger partial charge in [-0.3, -0.25) is 0 Å². The van der Waals surface area contributed by atoms with Crippen LogP contribution in [0.25, 0.3) is 0 Å². The lowest BCUT2D eigenvalue weighted by Crippen LogP contribution is -2.39. The molecule has 0 N–H and O–H groups in total. The van der Waals surface area contributed by atoms with Crippen molar-refractivity contribution in [1.82, 2.24) is 0 Å². The molecule has 0 atom stereocenters. The monoisotopic (exact) mass is 341 g/mol. The third kappa shape index (κ3) is 2.80. The van der Waals surface area contributed by atoms with Gasteiger partial charge in [-0.25, -0.2) is 0 Å². The van der Waals surface area contributed by atoms with Gasteiger partial charge in [0.15, 0.2) is 0 Å². The summed E-state index contributed by atoms with van der Waals surface area (Å²) in [7, 11) is 0. The lowest BCUT2D eigenvalue weighted by molar-refractivity contribution is 0.226. The number of hydrogen-bond donors (Lipinski definition) is 0. The summed E-state index contributed by atoms with van der Waals surface area (Å²) in [6.07, 6.45) is 8.50.